The highest BCUT2D eigenvalue weighted by Gasteiger charge is 2.22. The largest absolute Gasteiger partial charge is 0.481 e. The quantitative estimate of drug-likeness (QED) is 0.874. The van der Waals surface area contributed by atoms with E-state index in [0.717, 1.165) is 38.0 Å². The van der Waals surface area contributed by atoms with Crippen LogP contribution in [0.15, 0.2) is 24.3 Å². The number of aliphatic carboxylic acids is 1. The number of rotatable bonds is 5. The third-order valence-electron chi connectivity index (χ3n) is 3.43. The second kappa shape index (κ2) is 5.96. The van der Waals surface area contributed by atoms with E-state index in [-0.39, 0.29) is 12.2 Å². The first kappa shape index (κ1) is 13.0. The number of carbonyl (C=O) groups is 1. The number of halogens is 1. The molecule has 1 fully saturated rings. The van der Waals surface area contributed by atoms with Crippen molar-refractivity contribution in [3.63, 3.8) is 0 Å². The number of hydrogen-bond acceptors (Lipinski definition) is 2. The monoisotopic (exact) mass is 251 g/mol. The zero-order valence-corrected chi connectivity index (χ0v) is 10.3. The molecule has 0 saturated carbocycles. The van der Waals surface area contributed by atoms with Crippen LogP contribution in [0.5, 0.6) is 0 Å². The van der Waals surface area contributed by atoms with Gasteiger partial charge in [-0.05, 0) is 43.0 Å². The van der Waals surface area contributed by atoms with Gasteiger partial charge in [-0.25, -0.2) is 4.39 Å². The molecule has 18 heavy (non-hydrogen) atoms. The second-order valence-electron chi connectivity index (χ2n) is 4.95. The summed E-state index contributed by atoms with van der Waals surface area (Å²) in [4.78, 5) is 12.8. The summed E-state index contributed by atoms with van der Waals surface area (Å²) in [6, 6.07) is 6.66. The Balaban J connectivity index is 1.80. The Hall–Kier alpha value is -1.42. The molecule has 1 atom stereocenters. The van der Waals surface area contributed by atoms with Crippen molar-refractivity contribution in [2.24, 2.45) is 5.92 Å². The molecule has 1 aliphatic heterocycles. The van der Waals surface area contributed by atoms with Gasteiger partial charge in [0.1, 0.15) is 5.82 Å². The van der Waals surface area contributed by atoms with E-state index >= 15 is 0 Å². The lowest BCUT2D eigenvalue weighted by Gasteiger charge is -2.15. The van der Waals surface area contributed by atoms with Crippen molar-refractivity contribution in [1.29, 1.82) is 0 Å². The average molecular weight is 251 g/mol. The predicted molar refractivity (Wildman–Crippen MR) is 66.7 cm³/mol. The third-order valence-corrected chi connectivity index (χ3v) is 3.43. The van der Waals surface area contributed by atoms with Gasteiger partial charge in [0.15, 0.2) is 0 Å². The van der Waals surface area contributed by atoms with Gasteiger partial charge >= 0.3 is 5.97 Å². The summed E-state index contributed by atoms with van der Waals surface area (Å²) in [5, 5.41) is 8.65. The standard InChI is InChI=1S/C14H18FNO2/c15-13-3-1-2-12(8-13)10-16-7-6-11(9-16)4-5-14(17)18/h1-3,8,11H,4-7,9-10H2,(H,17,18). The highest BCUT2D eigenvalue weighted by atomic mass is 19.1. The number of likely N-dealkylation sites (tertiary alicyclic amines) is 1. The van der Waals surface area contributed by atoms with Gasteiger partial charge < -0.3 is 5.11 Å². The van der Waals surface area contributed by atoms with Crippen molar-refractivity contribution in [1.82, 2.24) is 4.90 Å². The van der Waals surface area contributed by atoms with Crippen LogP contribution in [0.4, 0.5) is 4.39 Å². The number of nitrogens with zero attached hydrogens (tertiary/aromatic N) is 1. The smallest absolute Gasteiger partial charge is 0.303 e. The summed E-state index contributed by atoms with van der Waals surface area (Å²) >= 11 is 0. The number of benzene rings is 1. The number of hydrogen-bond donors (Lipinski definition) is 1. The molecule has 1 aromatic rings. The van der Waals surface area contributed by atoms with Crippen molar-refractivity contribution >= 4 is 5.97 Å². The summed E-state index contributed by atoms with van der Waals surface area (Å²) in [7, 11) is 0. The van der Waals surface area contributed by atoms with Gasteiger partial charge in [0.25, 0.3) is 0 Å². The van der Waals surface area contributed by atoms with Gasteiger partial charge in [-0.1, -0.05) is 12.1 Å². The Morgan fingerprint density at radius 2 is 2.33 bits per heavy atom. The van der Waals surface area contributed by atoms with E-state index in [1.54, 1.807) is 12.1 Å². The van der Waals surface area contributed by atoms with Crippen LogP contribution in [0.1, 0.15) is 24.8 Å². The van der Waals surface area contributed by atoms with Crippen LogP contribution in [0.25, 0.3) is 0 Å². The molecular weight excluding hydrogens is 233 g/mol. The zero-order valence-electron chi connectivity index (χ0n) is 10.3. The number of carboxylic acids is 1. The molecule has 3 nitrogen and oxygen atoms in total. The van der Waals surface area contributed by atoms with E-state index in [4.69, 9.17) is 5.11 Å². The molecule has 1 unspecified atom stereocenters. The molecule has 1 N–H and O–H groups in total. The van der Waals surface area contributed by atoms with E-state index in [1.165, 1.54) is 6.07 Å². The van der Waals surface area contributed by atoms with Gasteiger partial charge in [0.2, 0.25) is 0 Å². The maximum atomic E-state index is 13.0. The number of carboxylic acid groups (broad SMARTS) is 1. The van der Waals surface area contributed by atoms with Crippen LogP contribution in [-0.2, 0) is 11.3 Å². The van der Waals surface area contributed by atoms with E-state index < -0.39 is 5.97 Å². The molecule has 0 aromatic heterocycles. The molecule has 4 heteroatoms. The summed E-state index contributed by atoms with van der Waals surface area (Å²) in [6.07, 6.45) is 2.04. The van der Waals surface area contributed by atoms with Gasteiger partial charge in [0, 0.05) is 19.5 Å². The molecule has 2 rings (SSSR count). The predicted octanol–water partition coefficient (Wildman–Crippen LogP) is 2.51. The molecule has 1 aromatic carbocycles. The van der Waals surface area contributed by atoms with Gasteiger partial charge in [-0.15, -0.1) is 0 Å². The minimum atomic E-state index is -0.724. The third kappa shape index (κ3) is 3.81. The summed E-state index contributed by atoms with van der Waals surface area (Å²) < 4.78 is 13.0. The fourth-order valence-electron chi connectivity index (χ4n) is 2.51. The fraction of sp³-hybridized carbons (Fsp3) is 0.500. The van der Waals surface area contributed by atoms with Crippen molar-refractivity contribution in [3.05, 3.63) is 35.6 Å². The molecule has 0 amide bonds. The molecule has 1 saturated heterocycles. The van der Waals surface area contributed by atoms with E-state index in [9.17, 15) is 9.18 Å². The maximum Gasteiger partial charge on any atom is 0.303 e. The first-order valence-electron chi connectivity index (χ1n) is 6.32. The minimum absolute atomic E-state index is 0.200. The highest BCUT2D eigenvalue weighted by molar-refractivity contribution is 5.66. The Morgan fingerprint density at radius 1 is 1.50 bits per heavy atom. The topological polar surface area (TPSA) is 40.5 Å². The van der Waals surface area contributed by atoms with E-state index in [0.29, 0.717) is 5.92 Å². The minimum Gasteiger partial charge on any atom is -0.481 e. The Morgan fingerprint density at radius 3 is 3.06 bits per heavy atom. The van der Waals surface area contributed by atoms with E-state index in [1.807, 2.05) is 6.07 Å². The van der Waals surface area contributed by atoms with Crippen molar-refractivity contribution < 1.29 is 14.3 Å². The lowest BCUT2D eigenvalue weighted by Crippen LogP contribution is -2.20. The van der Waals surface area contributed by atoms with Crippen molar-refractivity contribution in [2.45, 2.75) is 25.8 Å². The lowest BCUT2D eigenvalue weighted by atomic mass is 10.0. The highest BCUT2D eigenvalue weighted by Crippen LogP contribution is 2.22. The fourth-order valence-corrected chi connectivity index (χ4v) is 2.51. The van der Waals surface area contributed by atoms with Crippen molar-refractivity contribution in [3.8, 4) is 0 Å². The normalized spacial score (nSPS) is 20.2. The molecule has 0 bridgehead atoms. The molecular formula is C14H18FNO2. The van der Waals surface area contributed by atoms with Crippen LogP contribution in [0.2, 0.25) is 0 Å². The zero-order chi connectivity index (χ0) is 13.0. The van der Waals surface area contributed by atoms with Crippen LogP contribution >= 0.6 is 0 Å². The molecule has 0 radical (unpaired) electrons. The second-order valence-corrected chi connectivity index (χ2v) is 4.95. The Bertz CT molecular complexity index is 422. The molecule has 1 aliphatic rings. The van der Waals surface area contributed by atoms with Gasteiger partial charge in [0.05, 0.1) is 0 Å². The molecule has 98 valence electrons. The Labute approximate surface area is 106 Å². The summed E-state index contributed by atoms with van der Waals surface area (Å²) in [6.45, 7) is 2.64. The van der Waals surface area contributed by atoms with E-state index in [2.05, 4.69) is 4.90 Å². The first-order valence-corrected chi connectivity index (χ1v) is 6.32. The van der Waals surface area contributed by atoms with Crippen molar-refractivity contribution in [2.75, 3.05) is 13.1 Å². The van der Waals surface area contributed by atoms with Gasteiger partial charge in [-0.2, -0.15) is 0 Å². The summed E-state index contributed by atoms with van der Waals surface area (Å²) in [5.74, 6) is -0.456. The van der Waals surface area contributed by atoms with Crippen LogP contribution in [0.3, 0.4) is 0 Å². The summed E-state index contributed by atoms with van der Waals surface area (Å²) in [5.41, 5.74) is 0.980. The first-order chi connectivity index (χ1) is 8.63. The van der Waals surface area contributed by atoms with Crippen LogP contribution in [0, 0.1) is 11.7 Å². The average Bonchev–Trinajstić information content (AvgIpc) is 2.74. The maximum absolute atomic E-state index is 13.0. The van der Waals surface area contributed by atoms with Crippen LogP contribution in [-0.4, -0.2) is 29.1 Å². The van der Waals surface area contributed by atoms with Gasteiger partial charge in [-0.3, -0.25) is 9.69 Å². The van der Waals surface area contributed by atoms with Crippen LogP contribution < -0.4 is 0 Å². The lowest BCUT2D eigenvalue weighted by molar-refractivity contribution is -0.137. The molecule has 1 heterocycles. The SMILES string of the molecule is O=C(O)CCC1CCN(Cc2cccc(F)c2)C1. The Kier molecular flexibility index (Phi) is 4.31. The molecule has 0 spiro atoms. The molecule has 0 aliphatic carbocycles.